The van der Waals surface area contributed by atoms with E-state index in [0.29, 0.717) is 6.42 Å². The van der Waals surface area contributed by atoms with E-state index in [1.165, 1.54) is 0 Å². The fourth-order valence-corrected chi connectivity index (χ4v) is 2.37. The molecule has 6 heteroatoms. The minimum atomic E-state index is -4.51. The molecular weight excluding hydrogens is 271 g/mol. The maximum atomic E-state index is 12.8. The average molecular weight is 283 g/mol. The molecule has 20 heavy (non-hydrogen) atoms. The predicted octanol–water partition coefficient (Wildman–Crippen LogP) is 3.65. The first-order valence-electron chi connectivity index (χ1n) is 5.95. The molecule has 106 valence electrons. The number of nitrogens with zero attached hydrogens (tertiary/aromatic N) is 1. The number of hydrogen-bond acceptors (Lipinski definition) is 2. The molecule has 3 nitrogen and oxygen atoms in total. The Kier molecular flexibility index (Phi) is 3.24. The van der Waals surface area contributed by atoms with Crippen LogP contribution in [0.3, 0.4) is 0 Å². The molecule has 1 aromatic rings. The van der Waals surface area contributed by atoms with Gasteiger partial charge in [-0.3, -0.25) is 0 Å². The number of halogens is 3. The van der Waals surface area contributed by atoms with E-state index in [-0.39, 0.29) is 17.0 Å². The second kappa shape index (κ2) is 4.51. The van der Waals surface area contributed by atoms with Crippen molar-refractivity contribution in [1.29, 1.82) is 0 Å². The van der Waals surface area contributed by atoms with Gasteiger partial charge in [-0.25, -0.2) is 11.4 Å². The van der Waals surface area contributed by atoms with Crippen molar-refractivity contribution in [3.05, 3.63) is 46.3 Å². The van der Waals surface area contributed by atoms with E-state index in [1.807, 2.05) is 0 Å². The molecule has 0 spiro atoms. The molecule has 0 heterocycles. The van der Waals surface area contributed by atoms with Crippen molar-refractivity contribution in [2.24, 2.45) is 5.92 Å². The highest BCUT2D eigenvalue weighted by Gasteiger charge is 2.62. The summed E-state index contributed by atoms with van der Waals surface area (Å²) >= 11 is 0. The SMILES string of the molecule is [C-]#[N+]C1(c2cc(C(F)(F)F)ccc2C(=O)OC)CC1C. The molecule has 0 amide bonds. The largest absolute Gasteiger partial charge is 0.465 e. The van der Waals surface area contributed by atoms with Crippen LogP contribution < -0.4 is 0 Å². The van der Waals surface area contributed by atoms with Crippen molar-refractivity contribution in [3.8, 4) is 0 Å². The quantitative estimate of drug-likeness (QED) is 0.612. The highest BCUT2D eigenvalue weighted by molar-refractivity contribution is 5.92. The molecule has 2 atom stereocenters. The first-order valence-corrected chi connectivity index (χ1v) is 5.95. The third-order valence-corrected chi connectivity index (χ3v) is 3.69. The lowest BCUT2D eigenvalue weighted by atomic mass is 9.94. The van der Waals surface area contributed by atoms with Gasteiger partial charge in [0, 0.05) is 12.3 Å². The summed E-state index contributed by atoms with van der Waals surface area (Å²) in [6.45, 7) is 9.03. The summed E-state index contributed by atoms with van der Waals surface area (Å²) in [7, 11) is 1.16. The van der Waals surface area contributed by atoms with E-state index in [1.54, 1.807) is 6.92 Å². The molecule has 1 fully saturated rings. The highest BCUT2D eigenvalue weighted by Crippen LogP contribution is 2.56. The van der Waals surface area contributed by atoms with Gasteiger partial charge >= 0.3 is 12.1 Å². The van der Waals surface area contributed by atoms with Crippen LogP contribution >= 0.6 is 0 Å². The molecular formula is C14H12F3NO2. The summed E-state index contributed by atoms with van der Waals surface area (Å²) in [6, 6.07) is 2.82. The Morgan fingerprint density at radius 1 is 1.50 bits per heavy atom. The number of hydrogen-bond donors (Lipinski definition) is 0. The van der Waals surface area contributed by atoms with Crippen LogP contribution in [-0.2, 0) is 16.5 Å². The van der Waals surface area contributed by atoms with E-state index in [0.717, 1.165) is 25.3 Å². The molecule has 0 aromatic heterocycles. The second-order valence-electron chi connectivity index (χ2n) is 4.89. The molecule has 0 saturated heterocycles. The number of alkyl halides is 3. The summed E-state index contributed by atoms with van der Waals surface area (Å²) in [6.07, 6.45) is -4.06. The second-order valence-corrected chi connectivity index (χ2v) is 4.89. The summed E-state index contributed by atoms with van der Waals surface area (Å²) < 4.78 is 43.0. The normalized spacial score (nSPS) is 24.9. The molecule has 0 radical (unpaired) electrons. The van der Waals surface area contributed by atoms with Gasteiger partial charge in [0.15, 0.2) is 0 Å². The van der Waals surface area contributed by atoms with Crippen LogP contribution in [0.2, 0.25) is 0 Å². The molecule has 0 bridgehead atoms. The third kappa shape index (κ3) is 2.13. The van der Waals surface area contributed by atoms with E-state index >= 15 is 0 Å². The van der Waals surface area contributed by atoms with Crippen LogP contribution in [0, 0.1) is 12.5 Å². The standard InChI is InChI=1S/C14H12F3NO2/c1-8-7-13(8,18-2)11-6-9(14(15,16)17)4-5-10(11)12(19)20-3/h4-6,8H,7H2,1,3H3. The Morgan fingerprint density at radius 3 is 2.50 bits per heavy atom. The van der Waals surface area contributed by atoms with Crippen LogP contribution in [0.4, 0.5) is 13.2 Å². The topological polar surface area (TPSA) is 30.7 Å². The summed E-state index contributed by atoms with van der Waals surface area (Å²) in [5, 5.41) is 0. The zero-order chi connectivity index (χ0) is 15.1. The van der Waals surface area contributed by atoms with Gasteiger partial charge in [0.25, 0.3) is 5.54 Å². The number of rotatable bonds is 2. The Balaban J connectivity index is 2.62. The van der Waals surface area contributed by atoms with E-state index in [4.69, 9.17) is 6.57 Å². The van der Waals surface area contributed by atoms with Gasteiger partial charge in [-0.05, 0) is 18.2 Å². The lowest BCUT2D eigenvalue weighted by Crippen LogP contribution is -2.16. The number of ether oxygens (including phenoxy) is 1. The molecule has 1 saturated carbocycles. The highest BCUT2D eigenvalue weighted by atomic mass is 19.4. The molecule has 0 N–H and O–H groups in total. The summed E-state index contributed by atoms with van der Waals surface area (Å²) in [5.41, 5.74) is -1.75. The molecule has 1 aromatic carbocycles. The van der Waals surface area contributed by atoms with Gasteiger partial charge in [-0.1, -0.05) is 6.92 Å². The van der Waals surface area contributed by atoms with Crippen LogP contribution in [0.25, 0.3) is 4.85 Å². The van der Waals surface area contributed by atoms with E-state index < -0.39 is 23.2 Å². The number of esters is 1. The smallest absolute Gasteiger partial charge is 0.416 e. The fraction of sp³-hybridized carbons (Fsp3) is 0.429. The maximum Gasteiger partial charge on any atom is 0.416 e. The van der Waals surface area contributed by atoms with Crippen molar-refractivity contribution in [1.82, 2.24) is 0 Å². The fourth-order valence-electron chi connectivity index (χ4n) is 2.37. The number of methoxy groups -OCH3 is 1. The zero-order valence-corrected chi connectivity index (χ0v) is 10.9. The lowest BCUT2D eigenvalue weighted by molar-refractivity contribution is -0.137. The maximum absolute atomic E-state index is 12.8. The summed E-state index contributed by atoms with van der Waals surface area (Å²) in [5.74, 6) is -0.803. The van der Waals surface area contributed by atoms with Gasteiger partial charge in [-0.15, -0.1) is 0 Å². The van der Waals surface area contributed by atoms with Gasteiger partial charge < -0.3 is 9.58 Å². The first-order chi connectivity index (χ1) is 9.26. The molecule has 1 aliphatic rings. The van der Waals surface area contributed by atoms with Gasteiger partial charge in [0.2, 0.25) is 0 Å². The van der Waals surface area contributed by atoms with Gasteiger partial charge in [0.1, 0.15) is 0 Å². The molecule has 2 unspecified atom stereocenters. The molecule has 1 aliphatic carbocycles. The van der Waals surface area contributed by atoms with Crippen molar-refractivity contribution in [2.45, 2.75) is 25.1 Å². The zero-order valence-electron chi connectivity index (χ0n) is 10.9. The molecule has 0 aliphatic heterocycles. The number of carbonyl (C=O) groups excluding carboxylic acids is 1. The minimum Gasteiger partial charge on any atom is -0.465 e. The van der Waals surface area contributed by atoms with Crippen molar-refractivity contribution in [2.75, 3.05) is 7.11 Å². The Hall–Kier alpha value is -2.03. The van der Waals surface area contributed by atoms with E-state index in [2.05, 4.69) is 9.58 Å². The van der Waals surface area contributed by atoms with Crippen molar-refractivity contribution < 1.29 is 22.7 Å². The van der Waals surface area contributed by atoms with Crippen molar-refractivity contribution in [3.63, 3.8) is 0 Å². The lowest BCUT2D eigenvalue weighted by Gasteiger charge is -2.13. The van der Waals surface area contributed by atoms with Gasteiger partial charge in [0.05, 0.1) is 23.8 Å². The van der Waals surface area contributed by atoms with Gasteiger partial charge in [-0.2, -0.15) is 13.2 Å². The van der Waals surface area contributed by atoms with Crippen LogP contribution in [0.1, 0.15) is 34.8 Å². The first kappa shape index (κ1) is 14.4. The Bertz CT molecular complexity index is 603. The van der Waals surface area contributed by atoms with Crippen LogP contribution in [0.15, 0.2) is 18.2 Å². The predicted molar refractivity (Wildman–Crippen MR) is 64.8 cm³/mol. The Labute approximate surface area is 114 Å². The monoisotopic (exact) mass is 283 g/mol. The third-order valence-electron chi connectivity index (χ3n) is 3.69. The number of carbonyl (C=O) groups is 1. The van der Waals surface area contributed by atoms with E-state index in [9.17, 15) is 18.0 Å². The van der Waals surface area contributed by atoms with Crippen LogP contribution in [-0.4, -0.2) is 13.1 Å². The van der Waals surface area contributed by atoms with Crippen LogP contribution in [0.5, 0.6) is 0 Å². The minimum absolute atomic E-state index is 0.0286. The number of benzene rings is 1. The molecule has 2 rings (SSSR count). The summed E-state index contributed by atoms with van der Waals surface area (Å²) in [4.78, 5) is 15.1. The average Bonchev–Trinajstić information content (AvgIpc) is 3.08. The Morgan fingerprint density at radius 2 is 2.10 bits per heavy atom. The van der Waals surface area contributed by atoms with Crippen molar-refractivity contribution >= 4 is 5.97 Å².